The number of alkyl halides is 16. The maximum atomic E-state index is 13.8. The molecular formula is C29H44F16O13. The third-order valence-electron chi connectivity index (χ3n) is 6.50. The van der Waals surface area contributed by atoms with Crippen molar-refractivity contribution >= 4 is 0 Å². The molecule has 0 aromatic rings. The van der Waals surface area contributed by atoms with E-state index < -0.39 is 120 Å². The molecule has 58 heavy (non-hydrogen) atoms. The lowest BCUT2D eigenvalue weighted by molar-refractivity contribution is -0.516. The summed E-state index contributed by atoms with van der Waals surface area (Å²) in [4.78, 5) is 0. The molecule has 13 nitrogen and oxygen atoms in total. The van der Waals surface area contributed by atoms with E-state index in [2.05, 4.69) is 37.9 Å². The minimum atomic E-state index is -6.54. The summed E-state index contributed by atoms with van der Waals surface area (Å²) >= 11 is 0. The third-order valence-corrected chi connectivity index (χ3v) is 6.50. The zero-order valence-corrected chi connectivity index (χ0v) is 30.0. The van der Waals surface area contributed by atoms with Gasteiger partial charge in [0.15, 0.2) is 0 Å². The van der Waals surface area contributed by atoms with Crippen LogP contribution in [-0.4, -0.2) is 159 Å². The van der Waals surface area contributed by atoms with Crippen molar-refractivity contribution in [3.05, 3.63) is 0 Å². The zero-order chi connectivity index (χ0) is 45.1. The number of hydrogen-bond acceptors (Lipinski definition) is 13. The van der Waals surface area contributed by atoms with E-state index in [1.165, 1.54) is 0 Å². The summed E-state index contributed by atoms with van der Waals surface area (Å²) in [6.07, 6.45) is -51.0. The molecule has 5 N–H and O–H groups in total. The second-order valence-corrected chi connectivity index (χ2v) is 12.2. The minimum absolute atomic E-state index is 0.0581. The Kier molecular flexibility index (Phi) is 24.0. The van der Waals surface area contributed by atoms with E-state index in [1.54, 1.807) is 0 Å². The summed E-state index contributed by atoms with van der Waals surface area (Å²) in [6, 6.07) is 0. The Hall–Kier alpha value is -1.64. The molecule has 0 rings (SSSR count). The van der Waals surface area contributed by atoms with Crippen molar-refractivity contribution in [1.82, 2.24) is 0 Å². The van der Waals surface area contributed by atoms with E-state index in [0.29, 0.717) is 25.7 Å². The van der Waals surface area contributed by atoms with E-state index in [9.17, 15) is 85.6 Å². The topological polar surface area (TPSA) is 175 Å². The highest BCUT2D eigenvalue weighted by Gasteiger charge is 2.68. The first-order valence-corrected chi connectivity index (χ1v) is 16.7. The van der Waals surface area contributed by atoms with Crippen LogP contribution in [0.1, 0.15) is 51.4 Å². The van der Waals surface area contributed by atoms with E-state index in [-0.39, 0.29) is 38.9 Å². The number of rotatable bonds is 36. The molecule has 0 spiro atoms. The van der Waals surface area contributed by atoms with Gasteiger partial charge in [0, 0.05) is 13.2 Å². The number of ether oxygens (including phenoxy) is 8. The molecule has 0 aliphatic heterocycles. The Morgan fingerprint density at radius 2 is 0.552 bits per heavy atom. The highest BCUT2D eigenvalue weighted by molar-refractivity contribution is 4.74. The summed E-state index contributed by atoms with van der Waals surface area (Å²) in [6.45, 7) is -14.7. The van der Waals surface area contributed by atoms with Gasteiger partial charge < -0.3 is 44.5 Å². The van der Waals surface area contributed by atoms with E-state index >= 15 is 0 Å². The predicted octanol–water partition coefficient (Wildman–Crippen LogP) is 5.05. The van der Waals surface area contributed by atoms with Gasteiger partial charge in [0.25, 0.3) is 0 Å². The van der Waals surface area contributed by atoms with Gasteiger partial charge in [-0.25, -0.2) is 18.9 Å². The van der Waals surface area contributed by atoms with Crippen molar-refractivity contribution in [2.45, 2.75) is 119 Å². The Bertz CT molecular complexity index is 1030. The Labute approximate surface area is 318 Å². The second-order valence-electron chi connectivity index (χ2n) is 12.2. The van der Waals surface area contributed by atoms with Gasteiger partial charge >= 0.3 is 48.9 Å². The van der Waals surface area contributed by atoms with E-state index in [0.717, 1.165) is 0 Å². The van der Waals surface area contributed by atoms with Crippen LogP contribution >= 0.6 is 0 Å². The predicted molar refractivity (Wildman–Crippen MR) is 156 cm³/mol. The molecule has 0 aromatic heterocycles. The lowest BCUT2D eigenvalue weighted by atomic mass is 10.1. The van der Waals surface area contributed by atoms with Crippen molar-refractivity contribution in [1.29, 1.82) is 0 Å². The fourth-order valence-corrected chi connectivity index (χ4v) is 3.91. The van der Waals surface area contributed by atoms with Gasteiger partial charge in [-0.15, -0.1) is 0 Å². The van der Waals surface area contributed by atoms with Gasteiger partial charge in [0.05, 0.1) is 38.6 Å². The fraction of sp³-hybridized carbons (Fsp3) is 1.00. The summed E-state index contributed by atoms with van der Waals surface area (Å²) in [5, 5.41) is 45.9. The SMILES string of the molecule is OCCCCCC(O)COCC(F)(F)OC(F)(F)C(F)(F)OC(F)(F)COCC(O)COCC(F)(F)OC(F)(F)C(F)(F)OC(F)(F)COCC(O)CCCCCO. The number of aliphatic hydroxyl groups excluding tert-OH is 5. The Morgan fingerprint density at radius 3 is 0.776 bits per heavy atom. The van der Waals surface area contributed by atoms with E-state index in [4.69, 9.17) is 10.2 Å². The van der Waals surface area contributed by atoms with Crippen molar-refractivity contribution in [3.63, 3.8) is 0 Å². The van der Waals surface area contributed by atoms with Crippen molar-refractivity contribution in [2.75, 3.05) is 66.1 Å². The zero-order valence-electron chi connectivity index (χ0n) is 30.0. The van der Waals surface area contributed by atoms with Crippen LogP contribution in [0.5, 0.6) is 0 Å². The monoisotopic (exact) mass is 904 g/mol. The first kappa shape index (κ1) is 56.4. The highest BCUT2D eigenvalue weighted by atomic mass is 19.4. The van der Waals surface area contributed by atoms with Gasteiger partial charge in [-0.05, 0) is 25.7 Å². The van der Waals surface area contributed by atoms with E-state index in [1.807, 2.05) is 0 Å². The number of unbranched alkanes of at least 4 members (excludes halogenated alkanes) is 4. The summed E-state index contributed by atoms with van der Waals surface area (Å²) in [7, 11) is 0. The average molecular weight is 905 g/mol. The first-order chi connectivity index (χ1) is 26.3. The Morgan fingerprint density at radius 1 is 0.328 bits per heavy atom. The molecule has 0 amide bonds. The fourth-order valence-electron chi connectivity index (χ4n) is 3.91. The maximum Gasteiger partial charge on any atom is 0.453 e. The standard InChI is InChI=1S/C29H44F16O13/c30-22(31,15-51-11-19(48)7-3-1-5-9-46)55-26(38,39)28(42,43)57-24(34,35)17-53-13-21(50)14-54-18-25(36,37)58-29(44,45)27(40,41)56-23(32,33)16-52-12-20(49)8-4-2-6-10-47/h19-21,46-50H,1-18H2. The van der Waals surface area contributed by atoms with Gasteiger partial charge in [-0.2, -0.15) is 70.2 Å². The van der Waals surface area contributed by atoms with Crippen LogP contribution in [0.2, 0.25) is 0 Å². The van der Waals surface area contributed by atoms with Gasteiger partial charge in [-0.1, -0.05) is 25.7 Å². The van der Waals surface area contributed by atoms with Crippen molar-refractivity contribution in [3.8, 4) is 0 Å². The number of halogens is 16. The molecule has 0 aliphatic carbocycles. The molecule has 350 valence electrons. The second kappa shape index (κ2) is 24.7. The summed E-state index contributed by atoms with van der Waals surface area (Å²) in [5.41, 5.74) is 0. The number of hydrogen-bond donors (Lipinski definition) is 5. The molecule has 2 atom stereocenters. The minimum Gasteiger partial charge on any atom is -0.396 e. The van der Waals surface area contributed by atoms with Crippen LogP contribution in [0.25, 0.3) is 0 Å². The van der Waals surface area contributed by atoms with Crippen LogP contribution in [-0.2, 0) is 37.9 Å². The third kappa shape index (κ3) is 24.0. The average Bonchev–Trinajstić information content (AvgIpc) is 3.02. The van der Waals surface area contributed by atoms with Gasteiger partial charge in [0.1, 0.15) is 32.5 Å². The summed E-state index contributed by atoms with van der Waals surface area (Å²) in [5.74, 6) is 0. The smallest absolute Gasteiger partial charge is 0.396 e. The van der Waals surface area contributed by atoms with Crippen molar-refractivity contribution < 1.29 is 134 Å². The molecule has 0 radical (unpaired) electrons. The lowest BCUT2D eigenvalue weighted by Gasteiger charge is -2.31. The van der Waals surface area contributed by atoms with Crippen LogP contribution in [0.4, 0.5) is 70.2 Å². The normalized spacial score (nSPS) is 15.9. The molecule has 0 aliphatic rings. The van der Waals surface area contributed by atoms with Crippen LogP contribution in [0.3, 0.4) is 0 Å². The molecule has 0 fully saturated rings. The molecular weight excluding hydrogens is 860 g/mol. The molecule has 29 heteroatoms. The maximum absolute atomic E-state index is 13.8. The molecule has 0 aromatic carbocycles. The molecule has 2 unspecified atom stereocenters. The largest absolute Gasteiger partial charge is 0.453 e. The molecule has 0 heterocycles. The quantitative estimate of drug-likeness (QED) is 0.0418. The van der Waals surface area contributed by atoms with Gasteiger partial charge in [-0.3, -0.25) is 0 Å². The summed E-state index contributed by atoms with van der Waals surface area (Å²) < 4.78 is 247. The van der Waals surface area contributed by atoms with Crippen LogP contribution in [0.15, 0.2) is 0 Å². The molecule has 0 saturated heterocycles. The Balaban J connectivity index is 4.86. The van der Waals surface area contributed by atoms with Gasteiger partial charge in [0.2, 0.25) is 0 Å². The first-order valence-electron chi connectivity index (χ1n) is 16.7. The molecule has 0 bridgehead atoms. The highest BCUT2D eigenvalue weighted by Crippen LogP contribution is 2.44. The lowest BCUT2D eigenvalue weighted by Crippen LogP contribution is -2.53. The van der Waals surface area contributed by atoms with Crippen LogP contribution in [0, 0.1) is 0 Å². The molecule has 0 saturated carbocycles. The van der Waals surface area contributed by atoms with Crippen LogP contribution < -0.4 is 0 Å². The number of aliphatic hydroxyl groups is 5. The van der Waals surface area contributed by atoms with Crippen molar-refractivity contribution in [2.24, 2.45) is 0 Å².